The summed E-state index contributed by atoms with van der Waals surface area (Å²) in [5.41, 5.74) is 0. The summed E-state index contributed by atoms with van der Waals surface area (Å²) in [5, 5.41) is 0. The molecule has 0 aromatic heterocycles. The van der Waals surface area contributed by atoms with Gasteiger partial charge in [-0.1, -0.05) is 275 Å². The smallest absolute Gasteiger partial charge is 0.306 e. The standard InChI is InChI=1S/C67H122O6/c1-4-7-10-13-16-19-22-24-26-28-30-31-32-33-34-35-37-38-40-42-45-48-51-54-57-60-66(69)72-63-64(62-71-65(68)59-56-53-50-47-44-21-18-15-12-9-6-3)73-67(70)61-58-55-52-49-46-43-41-39-36-29-27-25-23-20-17-14-11-8-5-2/h15,18,22,24-25,27-28,30,64H,4-14,16-17,19-21,23,26,29,31-63H2,1-3H3/b18-15-,24-22-,27-25-,30-28-. The zero-order valence-electron chi connectivity index (χ0n) is 48.9. The third kappa shape index (κ3) is 60.1. The van der Waals surface area contributed by atoms with Gasteiger partial charge in [0.2, 0.25) is 0 Å². The van der Waals surface area contributed by atoms with E-state index >= 15 is 0 Å². The van der Waals surface area contributed by atoms with Crippen molar-refractivity contribution in [2.24, 2.45) is 0 Å². The Balaban J connectivity index is 4.23. The number of esters is 3. The van der Waals surface area contributed by atoms with E-state index in [0.29, 0.717) is 19.3 Å². The zero-order chi connectivity index (χ0) is 52.9. The summed E-state index contributed by atoms with van der Waals surface area (Å²) in [5.74, 6) is -0.869. The van der Waals surface area contributed by atoms with Crippen molar-refractivity contribution in [3.05, 3.63) is 48.6 Å². The second-order valence-corrected chi connectivity index (χ2v) is 21.7. The molecule has 0 amide bonds. The second kappa shape index (κ2) is 61.9. The van der Waals surface area contributed by atoms with Gasteiger partial charge in [-0.25, -0.2) is 0 Å². The lowest BCUT2D eigenvalue weighted by molar-refractivity contribution is -0.167. The molecule has 426 valence electrons. The molecule has 0 bridgehead atoms. The van der Waals surface area contributed by atoms with E-state index < -0.39 is 6.10 Å². The van der Waals surface area contributed by atoms with Gasteiger partial charge in [-0.3, -0.25) is 14.4 Å². The number of hydrogen-bond acceptors (Lipinski definition) is 6. The predicted molar refractivity (Wildman–Crippen MR) is 316 cm³/mol. The molecule has 0 rings (SSSR count). The first-order valence-corrected chi connectivity index (χ1v) is 32.1. The minimum Gasteiger partial charge on any atom is -0.462 e. The van der Waals surface area contributed by atoms with Crippen molar-refractivity contribution in [3.8, 4) is 0 Å². The molecular weight excluding hydrogens is 901 g/mol. The van der Waals surface area contributed by atoms with Gasteiger partial charge in [-0.2, -0.15) is 0 Å². The van der Waals surface area contributed by atoms with Crippen LogP contribution in [0, 0.1) is 0 Å². The third-order valence-corrected chi connectivity index (χ3v) is 14.3. The lowest BCUT2D eigenvalue weighted by atomic mass is 10.0. The van der Waals surface area contributed by atoms with Crippen LogP contribution in [0.4, 0.5) is 0 Å². The first-order valence-electron chi connectivity index (χ1n) is 32.1. The van der Waals surface area contributed by atoms with Crippen LogP contribution in [0.15, 0.2) is 48.6 Å². The Labute approximate surface area is 454 Å². The van der Waals surface area contributed by atoms with Gasteiger partial charge in [0, 0.05) is 19.3 Å². The molecule has 0 spiro atoms. The van der Waals surface area contributed by atoms with E-state index in [1.54, 1.807) is 0 Å². The Kier molecular flexibility index (Phi) is 59.7. The fraction of sp³-hybridized carbons (Fsp3) is 0.836. The number of carbonyl (C=O) groups excluding carboxylic acids is 3. The molecule has 0 N–H and O–H groups in total. The molecule has 0 aliphatic rings. The van der Waals surface area contributed by atoms with Crippen LogP contribution in [0.5, 0.6) is 0 Å². The Morgan fingerprint density at radius 1 is 0.274 bits per heavy atom. The molecule has 0 fully saturated rings. The Morgan fingerprint density at radius 2 is 0.507 bits per heavy atom. The lowest BCUT2D eigenvalue weighted by Crippen LogP contribution is -2.30. The monoisotopic (exact) mass is 1020 g/mol. The van der Waals surface area contributed by atoms with Crippen molar-refractivity contribution < 1.29 is 28.6 Å². The van der Waals surface area contributed by atoms with Gasteiger partial charge in [0.15, 0.2) is 6.10 Å². The molecule has 73 heavy (non-hydrogen) atoms. The second-order valence-electron chi connectivity index (χ2n) is 21.7. The summed E-state index contributed by atoms with van der Waals surface area (Å²) in [4.78, 5) is 38.2. The van der Waals surface area contributed by atoms with Crippen LogP contribution >= 0.6 is 0 Å². The SMILES string of the molecule is CCCC/C=C\CCCCCCCC(=O)OCC(COC(=O)CCCCCCCCCCCCCCC/C=C\C/C=C\CCCCCCC)OC(=O)CCCCCCCCCCC/C=C\CCCCCCCC. The van der Waals surface area contributed by atoms with E-state index in [2.05, 4.69) is 69.4 Å². The summed E-state index contributed by atoms with van der Waals surface area (Å²) >= 11 is 0. The third-order valence-electron chi connectivity index (χ3n) is 14.3. The highest BCUT2D eigenvalue weighted by Crippen LogP contribution is 2.17. The van der Waals surface area contributed by atoms with E-state index in [9.17, 15) is 14.4 Å². The molecule has 0 saturated heterocycles. The van der Waals surface area contributed by atoms with Crippen molar-refractivity contribution in [1.82, 2.24) is 0 Å². The van der Waals surface area contributed by atoms with E-state index in [-0.39, 0.29) is 31.1 Å². The lowest BCUT2D eigenvalue weighted by Gasteiger charge is -2.18. The molecule has 1 atom stereocenters. The fourth-order valence-corrected chi connectivity index (χ4v) is 9.39. The Hall–Kier alpha value is -2.63. The molecule has 1 unspecified atom stereocenters. The molecule has 0 aromatic carbocycles. The zero-order valence-corrected chi connectivity index (χ0v) is 48.9. The van der Waals surface area contributed by atoms with Crippen LogP contribution in [0.3, 0.4) is 0 Å². The van der Waals surface area contributed by atoms with Gasteiger partial charge in [0.1, 0.15) is 13.2 Å². The van der Waals surface area contributed by atoms with Gasteiger partial charge in [0.25, 0.3) is 0 Å². The number of allylic oxidation sites excluding steroid dienone is 8. The maximum atomic E-state index is 12.9. The molecule has 0 heterocycles. The Morgan fingerprint density at radius 3 is 0.808 bits per heavy atom. The summed E-state index contributed by atoms with van der Waals surface area (Å²) in [6, 6.07) is 0. The highest BCUT2D eigenvalue weighted by Gasteiger charge is 2.19. The largest absolute Gasteiger partial charge is 0.462 e. The van der Waals surface area contributed by atoms with Crippen molar-refractivity contribution in [2.45, 2.75) is 348 Å². The summed E-state index contributed by atoms with van der Waals surface area (Å²) in [6.07, 6.45) is 76.9. The van der Waals surface area contributed by atoms with Crippen LogP contribution < -0.4 is 0 Å². The molecule has 0 aliphatic carbocycles. The van der Waals surface area contributed by atoms with Crippen molar-refractivity contribution in [2.75, 3.05) is 13.2 Å². The molecule has 0 saturated carbocycles. The summed E-state index contributed by atoms with van der Waals surface area (Å²) in [7, 11) is 0. The van der Waals surface area contributed by atoms with Crippen LogP contribution in [0.2, 0.25) is 0 Å². The van der Waals surface area contributed by atoms with Gasteiger partial charge < -0.3 is 14.2 Å². The number of ether oxygens (including phenoxy) is 3. The topological polar surface area (TPSA) is 78.9 Å². The van der Waals surface area contributed by atoms with Crippen LogP contribution in [-0.4, -0.2) is 37.2 Å². The normalized spacial score (nSPS) is 12.3. The van der Waals surface area contributed by atoms with Crippen LogP contribution in [-0.2, 0) is 28.6 Å². The highest BCUT2D eigenvalue weighted by molar-refractivity contribution is 5.71. The fourth-order valence-electron chi connectivity index (χ4n) is 9.39. The number of carbonyl (C=O) groups is 3. The first-order chi connectivity index (χ1) is 36.0. The van der Waals surface area contributed by atoms with E-state index in [1.807, 2.05) is 0 Å². The average molecular weight is 1020 g/mol. The maximum Gasteiger partial charge on any atom is 0.306 e. The van der Waals surface area contributed by atoms with Gasteiger partial charge in [-0.15, -0.1) is 0 Å². The van der Waals surface area contributed by atoms with Crippen LogP contribution in [0.1, 0.15) is 342 Å². The average Bonchev–Trinajstić information content (AvgIpc) is 3.39. The summed E-state index contributed by atoms with van der Waals surface area (Å²) in [6.45, 7) is 6.62. The quantitative estimate of drug-likeness (QED) is 0.0261. The van der Waals surface area contributed by atoms with Crippen molar-refractivity contribution in [3.63, 3.8) is 0 Å². The number of hydrogen-bond donors (Lipinski definition) is 0. The minimum atomic E-state index is -0.777. The molecule has 0 aliphatic heterocycles. The maximum absolute atomic E-state index is 12.9. The number of unbranched alkanes of at least 4 members (excludes halogenated alkanes) is 40. The van der Waals surface area contributed by atoms with Crippen LogP contribution in [0.25, 0.3) is 0 Å². The van der Waals surface area contributed by atoms with E-state index in [0.717, 1.165) is 70.6 Å². The predicted octanol–water partition coefficient (Wildman–Crippen LogP) is 21.8. The highest BCUT2D eigenvalue weighted by atomic mass is 16.6. The minimum absolute atomic E-state index is 0.0744. The van der Waals surface area contributed by atoms with Gasteiger partial charge >= 0.3 is 17.9 Å². The first kappa shape index (κ1) is 70.4. The van der Waals surface area contributed by atoms with Crippen molar-refractivity contribution in [1.29, 1.82) is 0 Å². The Bertz CT molecular complexity index is 1270. The van der Waals surface area contributed by atoms with Gasteiger partial charge in [0.05, 0.1) is 0 Å². The van der Waals surface area contributed by atoms with Crippen molar-refractivity contribution >= 4 is 17.9 Å². The van der Waals surface area contributed by atoms with E-state index in [1.165, 1.54) is 231 Å². The molecule has 6 nitrogen and oxygen atoms in total. The molecule has 0 radical (unpaired) electrons. The van der Waals surface area contributed by atoms with E-state index in [4.69, 9.17) is 14.2 Å². The molecule has 0 aromatic rings. The number of rotatable bonds is 59. The van der Waals surface area contributed by atoms with Gasteiger partial charge in [-0.05, 0) is 96.3 Å². The molecule has 6 heteroatoms. The summed E-state index contributed by atoms with van der Waals surface area (Å²) < 4.78 is 16.9. The molecular formula is C67H122O6.